The summed E-state index contributed by atoms with van der Waals surface area (Å²) < 4.78 is 7.23. The third-order valence-corrected chi connectivity index (χ3v) is 4.55. The fourth-order valence-electron chi connectivity index (χ4n) is 2.94. The number of aryl methyl sites for hydroxylation is 1. The molecule has 3 aromatic rings. The third-order valence-electron chi connectivity index (χ3n) is 4.55. The molecule has 0 N–H and O–H groups in total. The summed E-state index contributed by atoms with van der Waals surface area (Å²) in [6.45, 7) is 4.74. The van der Waals surface area contributed by atoms with Crippen LogP contribution in [0.3, 0.4) is 0 Å². The van der Waals surface area contributed by atoms with Crippen LogP contribution in [0.25, 0.3) is 11.0 Å². The van der Waals surface area contributed by atoms with E-state index in [1.165, 1.54) is 0 Å². The van der Waals surface area contributed by atoms with E-state index < -0.39 is 0 Å². The molecule has 0 bridgehead atoms. The van der Waals surface area contributed by atoms with Crippen molar-refractivity contribution in [1.82, 2.24) is 19.9 Å². The monoisotopic (exact) mass is 338 g/mol. The second-order valence-corrected chi connectivity index (χ2v) is 5.94. The van der Waals surface area contributed by atoms with E-state index in [9.17, 15) is 4.79 Å². The molecule has 1 unspecified atom stereocenters. The zero-order valence-corrected chi connectivity index (χ0v) is 14.9. The summed E-state index contributed by atoms with van der Waals surface area (Å²) in [5.74, 6) is 0.711. The molecule has 0 aliphatic heterocycles. The third kappa shape index (κ3) is 3.07. The van der Waals surface area contributed by atoms with Gasteiger partial charge in [-0.1, -0.05) is 23.4 Å². The van der Waals surface area contributed by atoms with Gasteiger partial charge in [0.2, 0.25) is 0 Å². The smallest absolute Gasteiger partial charge is 0.254 e. The molecule has 0 spiro atoms. The van der Waals surface area contributed by atoms with E-state index in [2.05, 4.69) is 10.3 Å². The van der Waals surface area contributed by atoms with Gasteiger partial charge in [-0.2, -0.15) is 0 Å². The predicted molar refractivity (Wildman–Crippen MR) is 96.7 cm³/mol. The van der Waals surface area contributed by atoms with Gasteiger partial charge in [0, 0.05) is 24.7 Å². The number of hydrogen-bond acceptors (Lipinski definition) is 4. The molecule has 1 amide bonds. The largest absolute Gasteiger partial charge is 0.496 e. The number of nitrogens with zero attached hydrogens (tertiary/aromatic N) is 4. The van der Waals surface area contributed by atoms with Gasteiger partial charge in [0.1, 0.15) is 11.3 Å². The minimum absolute atomic E-state index is 0.0636. The van der Waals surface area contributed by atoms with Gasteiger partial charge in [0.15, 0.2) is 0 Å². The topological polar surface area (TPSA) is 60.2 Å². The summed E-state index contributed by atoms with van der Waals surface area (Å²) in [7, 11) is 3.44. The average Bonchev–Trinajstić information content (AvgIpc) is 3.08. The molecule has 1 heterocycles. The Morgan fingerprint density at radius 2 is 2.04 bits per heavy atom. The number of fused-ring (bicyclic) bond motifs is 1. The van der Waals surface area contributed by atoms with Crippen molar-refractivity contribution in [3.8, 4) is 5.75 Å². The first-order chi connectivity index (χ1) is 12.1. The van der Waals surface area contributed by atoms with E-state index >= 15 is 0 Å². The first kappa shape index (κ1) is 17.0. The van der Waals surface area contributed by atoms with Crippen LogP contribution in [-0.2, 0) is 6.54 Å². The standard InChI is InChI=1S/C19H22N4O2/c1-5-23-17-11-10-14(12-16(17)20-21-23)19(24)22(3)13(2)15-8-6-7-9-18(15)25-4/h6-13H,5H2,1-4H3. The summed E-state index contributed by atoms with van der Waals surface area (Å²) in [6, 6.07) is 13.1. The Balaban J connectivity index is 1.89. The quantitative estimate of drug-likeness (QED) is 0.716. The van der Waals surface area contributed by atoms with Crippen LogP contribution in [0.1, 0.15) is 35.8 Å². The van der Waals surface area contributed by atoms with Crippen LogP contribution < -0.4 is 4.74 Å². The Bertz CT molecular complexity index is 903. The fraction of sp³-hybridized carbons (Fsp3) is 0.316. The van der Waals surface area contributed by atoms with E-state index in [0.29, 0.717) is 5.56 Å². The van der Waals surface area contributed by atoms with Crippen LogP contribution >= 0.6 is 0 Å². The second kappa shape index (κ2) is 6.93. The van der Waals surface area contributed by atoms with E-state index in [4.69, 9.17) is 4.74 Å². The Labute approximate surface area is 147 Å². The summed E-state index contributed by atoms with van der Waals surface area (Å²) in [5, 5.41) is 8.23. The Morgan fingerprint density at radius 1 is 1.28 bits per heavy atom. The lowest BCUT2D eigenvalue weighted by atomic mass is 10.0. The molecule has 0 radical (unpaired) electrons. The summed E-state index contributed by atoms with van der Waals surface area (Å²) >= 11 is 0. The summed E-state index contributed by atoms with van der Waals surface area (Å²) in [4.78, 5) is 14.6. The van der Waals surface area contributed by atoms with Gasteiger partial charge in [-0.05, 0) is 38.1 Å². The molecule has 0 aliphatic rings. The van der Waals surface area contributed by atoms with Crippen molar-refractivity contribution >= 4 is 16.9 Å². The van der Waals surface area contributed by atoms with E-state index in [0.717, 1.165) is 28.9 Å². The van der Waals surface area contributed by atoms with Crippen LogP contribution in [0, 0.1) is 0 Å². The molecule has 2 aromatic carbocycles. The molecule has 6 heteroatoms. The molecule has 0 aliphatic carbocycles. The number of hydrogen-bond donors (Lipinski definition) is 0. The van der Waals surface area contributed by atoms with Crippen molar-refractivity contribution in [2.24, 2.45) is 0 Å². The zero-order valence-electron chi connectivity index (χ0n) is 14.9. The van der Waals surface area contributed by atoms with Crippen molar-refractivity contribution in [3.63, 3.8) is 0 Å². The fourth-order valence-corrected chi connectivity index (χ4v) is 2.94. The molecule has 3 rings (SSSR count). The molecular formula is C19H22N4O2. The molecule has 0 fully saturated rings. The highest BCUT2D eigenvalue weighted by molar-refractivity contribution is 5.97. The number of carbonyl (C=O) groups excluding carboxylic acids is 1. The number of ether oxygens (including phenoxy) is 1. The maximum Gasteiger partial charge on any atom is 0.254 e. The Kier molecular flexibility index (Phi) is 4.70. The predicted octanol–water partition coefficient (Wildman–Crippen LogP) is 3.29. The summed E-state index contributed by atoms with van der Waals surface area (Å²) in [6.07, 6.45) is 0. The lowest BCUT2D eigenvalue weighted by Crippen LogP contribution is -2.29. The summed E-state index contributed by atoms with van der Waals surface area (Å²) in [5.41, 5.74) is 3.23. The minimum Gasteiger partial charge on any atom is -0.496 e. The Morgan fingerprint density at radius 3 is 2.76 bits per heavy atom. The van der Waals surface area contributed by atoms with Gasteiger partial charge >= 0.3 is 0 Å². The van der Waals surface area contributed by atoms with Crippen LogP contribution in [0.15, 0.2) is 42.5 Å². The number of aromatic nitrogens is 3. The highest BCUT2D eigenvalue weighted by Gasteiger charge is 2.22. The number of methoxy groups -OCH3 is 1. The van der Waals surface area contributed by atoms with E-state index in [-0.39, 0.29) is 11.9 Å². The van der Waals surface area contributed by atoms with E-state index in [1.54, 1.807) is 25.1 Å². The highest BCUT2D eigenvalue weighted by Crippen LogP contribution is 2.29. The van der Waals surface area contributed by atoms with Gasteiger partial charge < -0.3 is 9.64 Å². The van der Waals surface area contributed by atoms with Crippen molar-refractivity contribution in [2.45, 2.75) is 26.4 Å². The molecule has 130 valence electrons. The molecule has 0 saturated carbocycles. The van der Waals surface area contributed by atoms with Crippen molar-refractivity contribution in [3.05, 3.63) is 53.6 Å². The number of para-hydroxylation sites is 1. The van der Waals surface area contributed by atoms with Crippen LogP contribution in [0.4, 0.5) is 0 Å². The van der Waals surface area contributed by atoms with Crippen molar-refractivity contribution in [2.75, 3.05) is 14.2 Å². The van der Waals surface area contributed by atoms with Gasteiger partial charge in [-0.15, -0.1) is 5.10 Å². The van der Waals surface area contributed by atoms with E-state index in [1.807, 2.05) is 54.9 Å². The average molecular weight is 338 g/mol. The molecule has 0 saturated heterocycles. The van der Waals surface area contributed by atoms with Crippen LogP contribution in [-0.4, -0.2) is 40.0 Å². The van der Waals surface area contributed by atoms with Gasteiger partial charge in [-0.25, -0.2) is 4.68 Å². The highest BCUT2D eigenvalue weighted by atomic mass is 16.5. The zero-order chi connectivity index (χ0) is 18.0. The maximum atomic E-state index is 12.9. The molecule has 1 aromatic heterocycles. The van der Waals surface area contributed by atoms with Crippen molar-refractivity contribution < 1.29 is 9.53 Å². The van der Waals surface area contributed by atoms with Crippen LogP contribution in [0.5, 0.6) is 5.75 Å². The molecule has 1 atom stereocenters. The normalized spacial score (nSPS) is 12.2. The van der Waals surface area contributed by atoms with Crippen molar-refractivity contribution in [1.29, 1.82) is 0 Å². The molecule has 6 nitrogen and oxygen atoms in total. The molecular weight excluding hydrogens is 316 g/mol. The van der Waals surface area contributed by atoms with Gasteiger partial charge in [-0.3, -0.25) is 4.79 Å². The Hall–Kier alpha value is -2.89. The first-order valence-corrected chi connectivity index (χ1v) is 8.30. The number of rotatable bonds is 5. The number of amides is 1. The number of benzene rings is 2. The maximum absolute atomic E-state index is 12.9. The van der Waals surface area contributed by atoms with Gasteiger partial charge in [0.05, 0.1) is 18.7 Å². The second-order valence-electron chi connectivity index (χ2n) is 5.94. The molecule has 25 heavy (non-hydrogen) atoms. The SMILES string of the molecule is CCn1nnc2cc(C(=O)N(C)C(C)c3ccccc3OC)ccc21. The van der Waals surface area contributed by atoms with Crippen LogP contribution in [0.2, 0.25) is 0 Å². The number of carbonyl (C=O) groups is 1. The first-order valence-electron chi connectivity index (χ1n) is 8.30. The lowest BCUT2D eigenvalue weighted by molar-refractivity contribution is 0.0741. The lowest BCUT2D eigenvalue weighted by Gasteiger charge is -2.26. The minimum atomic E-state index is -0.120. The van der Waals surface area contributed by atoms with Gasteiger partial charge in [0.25, 0.3) is 5.91 Å².